The van der Waals surface area contributed by atoms with Gasteiger partial charge in [0.2, 0.25) is 5.91 Å². The third-order valence-corrected chi connectivity index (χ3v) is 5.60. The zero-order valence-electron chi connectivity index (χ0n) is 17.1. The molecule has 1 unspecified atom stereocenters. The van der Waals surface area contributed by atoms with Gasteiger partial charge >= 0.3 is 0 Å². The summed E-state index contributed by atoms with van der Waals surface area (Å²) >= 11 is 0. The third kappa shape index (κ3) is 4.55. The largest absolute Gasteiger partial charge is 0.376 e. The highest BCUT2D eigenvalue weighted by Gasteiger charge is 2.29. The number of ether oxygens (including phenoxy) is 1. The average molecular weight is 400 g/mol. The fourth-order valence-corrected chi connectivity index (χ4v) is 3.87. The van der Waals surface area contributed by atoms with Crippen LogP contribution in [-0.2, 0) is 16.0 Å². The third-order valence-electron chi connectivity index (χ3n) is 5.60. The summed E-state index contributed by atoms with van der Waals surface area (Å²) in [5, 5.41) is 7.05. The summed E-state index contributed by atoms with van der Waals surface area (Å²) in [5.74, 6) is 2.73. The Bertz CT molecular complexity index is 840. The molecular formula is C20H28N6O3. The first-order chi connectivity index (χ1) is 14.1. The fraction of sp³-hybridized carbons (Fsp3) is 0.650. The number of aromatic nitrogens is 4. The Balaban J connectivity index is 1.40. The number of nitrogens with zero attached hydrogens (tertiary/aromatic N) is 5. The standard InChI is InChI=1S/C20H28N6O3/c1-3-17-24-20(29-25-17)16-12-21-13(2)23-18(16)26-8-6-14(7-9-26)19(27)22-11-15-5-4-10-28-15/h12,14-15H,3-11H2,1-2H3,(H,22,27). The highest BCUT2D eigenvalue weighted by molar-refractivity contribution is 5.79. The highest BCUT2D eigenvalue weighted by atomic mass is 16.5. The van der Waals surface area contributed by atoms with E-state index in [1.54, 1.807) is 6.20 Å². The van der Waals surface area contributed by atoms with Gasteiger partial charge in [-0.05, 0) is 32.6 Å². The van der Waals surface area contributed by atoms with Gasteiger partial charge in [0.1, 0.15) is 17.2 Å². The molecule has 29 heavy (non-hydrogen) atoms. The van der Waals surface area contributed by atoms with Crippen molar-refractivity contribution in [3.8, 4) is 11.5 Å². The van der Waals surface area contributed by atoms with Crippen molar-refractivity contribution in [2.45, 2.75) is 52.1 Å². The number of hydrogen-bond donors (Lipinski definition) is 1. The predicted octanol–water partition coefficient (Wildman–Crippen LogP) is 1.91. The first-order valence-corrected chi connectivity index (χ1v) is 10.4. The van der Waals surface area contributed by atoms with Crippen LogP contribution in [0.1, 0.15) is 44.3 Å². The summed E-state index contributed by atoms with van der Waals surface area (Å²) in [5.41, 5.74) is 0.740. The van der Waals surface area contributed by atoms with Crippen LogP contribution in [0.25, 0.3) is 11.5 Å². The molecule has 156 valence electrons. The summed E-state index contributed by atoms with van der Waals surface area (Å²) in [7, 11) is 0. The molecular weight excluding hydrogens is 372 g/mol. The lowest BCUT2D eigenvalue weighted by atomic mass is 9.95. The summed E-state index contributed by atoms with van der Waals surface area (Å²) in [6.45, 7) is 6.76. The van der Waals surface area contributed by atoms with Gasteiger partial charge in [0.25, 0.3) is 5.89 Å². The number of rotatable bonds is 6. The van der Waals surface area contributed by atoms with Crippen molar-refractivity contribution >= 4 is 11.7 Å². The van der Waals surface area contributed by atoms with Crippen molar-refractivity contribution < 1.29 is 14.1 Å². The smallest absolute Gasteiger partial charge is 0.263 e. The number of carbonyl (C=O) groups excluding carboxylic acids is 1. The average Bonchev–Trinajstić information content (AvgIpc) is 3.44. The van der Waals surface area contributed by atoms with E-state index in [4.69, 9.17) is 9.26 Å². The van der Waals surface area contributed by atoms with Crippen molar-refractivity contribution in [2.75, 3.05) is 31.1 Å². The van der Waals surface area contributed by atoms with Crippen LogP contribution in [0.2, 0.25) is 0 Å². The number of piperidine rings is 1. The second-order valence-corrected chi connectivity index (χ2v) is 7.67. The van der Waals surface area contributed by atoms with Crippen molar-refractivity contribution in [1.29, 1.82) is 0 Å². The Morgan fingerprint density at radius 1 is 1.28 bits per heavy atom. The van der Waals surface area contributed by atoms with Crippen LogP contribution in [0.15, 0.2) is 10.7 Å². The van der Waals surface area contributed by atoms with Gasteiger partial charge in [-0.15, -0.1) is 0 Å². The van der Waals surface area contributed by atoms with Crippen LogP contribution in [0.4, 0.5) is 5.82 Å². The second-order valence-electron chi connectivity index (χ2n) is 7.67. The van der Waals surface area contributed by atoms with Crippen molar-refractivity contribution in [3.63, 3.8) is 0 Å². The molecule has 0 aliphatic carbocycles. The summed E-state index contributed by atoms with van der Waals surface area (Å²) < 4.78 is 11.0. The molecule has 9 nitrogen and oxygen atoms in total. The first kappa shape index (κ1) is 19.8. The van der Waals surface area contributed by atoms with Gasteiger partial charge in [-0.3, -0.25) is 4.79 Å². The molecule has 1 N–H and O–H groups in total. The molecule has 2 aliphatic rings. The monoisotopic (exact) mass is 400 g/mol. The van der Waals surface area contributed by atoms with Crippen LogP contribution in [0.3, 0.4) is 0 Å². The maximum atomic E-state index is 12.5. The normalized spacial score (nSPS) is 20.2. The van der Waals surface area contributed by atoms with Crippen LogP contribution in [0, 0.1) is 12.8 Å². The highest BCUT2D eigenvalue weighted by Crippen LogP contribution is 2.30. The van der Waals surface area contributed by atoms with Crippen LogP contribution >= 0.6 is 0 Å². The first-order valence-electron chi connectivity index (χ1n) is 10.4. The van der Waals surface area contributed by atoms with Crippen molar-refractivity contribution in [2.24, 2.45) is 5.92 Å². The number of nitrogens with one attached hydrogen (secondary N) is 1. The van der Waals surface area contributed by atoms with Crippen molar-refractivity contribution in [3.05, 3.63) is 17.8 Å². The Kier molecular flexibility index (Phi) is 6.03. The van der Waals surface area contributed by atoms with Crippen molar-refractivity contribution in [1.82, 2.24) is 25.4 Å². The molecule has 2 saturated heterocycles. The van der Waals surface area contributed by atoms with Gasteiger partial charge in [-0.1, -0.05) is 12.1 Å². The molecule has 4 heterocycles. The number of carbonyl (C=O) groups is 1. The van der Waals surface area contributed by atoms with E-state index in [1.807, 2.05) is 13.8 Å². The topological polar surface area (TPSA) is 106 Å². The van der Waals surface area contributed by atoms with Gasteiger partial charge in [-0.2, -0.15) is 4.98 Å². The van der Waals surface area contributed by atoms with Gasteiger partial charge in [0.05, 0.1) is 6.10 Å². The van der Waals surface area contributed by atoms with Gasteiger partial charge < -0.3 is 19.5 Å². The minimum Gasteiger partial charge on any atom is -0.376 e. The van der Waals surface area contributed by atoms with Gasteiger partial charge in [-0.25, -0.2) is 9.97 Å². The molecule has 4 rings (SSSR count). The molecule has 0 radical (unpaired) electrons. The summed E-state index contributed by atoms with van der Waals surface area (Å²) in [6.07, 6.45) is 6.30. The van der Waals surface area contributed by atoms with Crippen LogP contribution < -0.4 is 10.2 Å². The lowest BCUT2D eigenvalue weighted by Gasteiger charge is -2.33. The maximum Gasteiger partial charge on any atom is 0.263 e. The van der Waals surface area contributed by atoms with E-state index in [0.717, 1.165) is 56.8 Å². The number of anilines is 1. The minimum atomic E-state index is 0.0223. The van der Waals surface area contributed by atoms with Gasteiger partial charge in [0, 0.05) is 44.8 Å². The van der Waals surface area contributed by atoms with E-state index >= 15 is 0 Å². The van der Waals surface area contributed by atoms with Crippen LogP contribution in [0.5, 0.6) is 0 Å². The van der Waals surface area contributed by atoms with E-state index in [-0.39, 0.29) is 17.9 Å². The summed E-state index contributed by atoms with van der Waals surface area (Å²) in [4.78, 5) is 28.1. The van der Waals surface area contributed by atoms with E-state index < -0.39 is 0 Å². The Labute approximate surface area is 170 Å². The zero-order valence-corrected chi connectivity index (χ0v) is 17.1. The Morgan fingerprint density at radius 3 is 2.79 bits per heavy atom. The Hall–Kier alpha value is -2.55. The maximum absolute atomic E-state index is 12.5. The molecule has 0 spiro atoms. The molecule has 2 aromatic heterocycles. The number of hydrogen-bond acceptors (Lipinski definition) is 8. The minimum absolute atomic E-state index is 0.0223. The SMILES string of the molecule is CCc1noc(-c2cnc(C)nc2N2CCC(C(=O)NCC3CCCO3)CC2)n1. The Morgan fingerprint density at radius 2 is 2.10 bits per heavy atom. The van der Waals surface area contributed by atoms with E-state index in [0.29, 0.717) is 30.5 Å². The quantitative estimate of drug-likeness (QED) is 0.784. The molecule has 2 aromatic rings. The number of amides is 1. The second kappa shape index (κ2) is 8.86. The predicted molar refractivity (Wildman–Crippen MR) is 106 cm³/mol. The molecule has 0 bridgehead atoms. The molecule has 0 aromatic carbocycles. The number of aryl methyl sites for hydroxylation is 2. The molecule has 0 saturated carbocycles. The van der Waals surface area contributed by atoms with E-state index in [1.165, 1.54) is 0 Å². The lowest BCUT2D eigenvalue weighted by molar-refractivity contribution is -0.126. The lowest BCUT2D eigenvalue weighted by Crippen LogP contribution is -2.42. The molecule has 2 fully saturated rings. The molecule has 1 atom stereocenters. The molecule has 9 heteroatoms. The van der Waals surface area contributed by atoms with E-state index in [9.17, 15) is 4.79 Å². The van der Waals surface area contributed by atoms with Crippen LogP contribution in [-0.4, -0.2) is 58.4 Å². The summed E-state index contributed by atoms with van der Waals surface area (Å²) in [6, 6.07) is 0. The zero-order chi connectivity index (χ0) is 20.2. The molecule has 1 amide bonds. The van der Waals surface area contributed by atoms with Gasteiger partial charge in [0.15, 0.2) is 5.82 Å². The molecule has 2 aliphatic heterocycles. The van der Waals surface area contributed by atoms with E-state index in [2.05, 4.69) is 30.3 Å². The fourth-order valence-electron chi connectivity index (χ4n) is 3.87.